The maximum absolute atomic E-state index is 14.2. The lowest BCUT2D eigenvalue weighted by Gasteiger charge is -2.17. The average Bonchev–Trinajstić information content (AvgIpc) is 2.43. The quantitative estimate of drug-likeness (QED) is 0.826. The SMILES string of the molecule is CCCCN(C)C(=O)c1ccnc(NCCC)c1F. The summed E-state index contributed by atoms with van der Waals surface area (Å²) in [4.78, 5) is 17.6. The van der Waals surface area contributed by atoms with Crippen LogP contribution in [0.25, 0.3) is 0 Å². The third kappa shape index (κ3) is 4.19. The molecule has 0 bridgehead atoms. The van der Waals surface area contributed by atoms with E-state index in [9.17, 15) is 9.18 Å². The van der Waals surface area contributed by atoms with Crippen LogP contribution < -0.4 is 5.32 Å². The molecule has 106 valence electrons. The molecule has 1 aromatic heterocycles. The molecular formula is C14H22FN3O. The van der Waals surface area contributed by atoms with Crippen LogP contribution in [0.5, 0.6) is 0 Å². The van der Waals surface area contributed by atoms with Crippen molar-refractivity contribution in [2.24, 2.45) is 0 Å². The monoisotopic (exact) mass is 267 g/mol. The van der Waals surface area contributed by atoms with Gasteiger partial charge in [0.15, 0.2) is 11.6 Å². The molecule has 0 aliphatic rings. The van der Waals surface area contributed by atoms with E-state index in [4.69, 9.17) is 0 Å². The maximum atomic E-state index is 14.2. The van der Waals surface area contributed by atoms with E-state index in [0.717, 1.165) is 19.3 Å². The highest BCUT2D eigenvalue weighted by atomic mass is 19.1. The zero-order valence-corrected chi connectivity index (χ0v) is 11.9. The van der Waals surface area contributed by atoms with E-state index >= 15 is 0 Å². The van der Waals surface area contributed by atoms with Gasteiger partial charge in [-0.05, 0) is 18.9 Å². The lowest BCUT2D eigenvalue weighted by molar-refractivity contribution is 0.0788. The number of nitrogens with one attached hydrogen (secondary N) is 1. The van der Waals surface area contributed by atoms with Crippen LogP contribution in [0.1, 0.15) is 43.5 Å². The number of nitrogens with zero attached hydrogens (tertiary/aromatic N) is 2. The fourth-order valence-electron chi connectivity index (χ4n) is 1.68. The van der Waals surface area contributed by atoms with Crippen LogP contribution in [0.15, 0.2) is 12.3 Å². The van der Waals surface area contributed by atoms with Crippen LogP contribution in [-0.4, -0.2) is 35.9 Å². The molecule has 0 unspecified atom stereocenters. The molecule has 0 aromatic carbocycles. The zero-order valence-electron chi connectivity index (χ0n) is 11.9. The Hall–Kier alpha value is -1.65. The summed E-state index contributed by atoms with van der Waals surface area (Å²) < 4.78 is 14.2. The average molecular weight is 267 g/mol. The van der Waals surface area contributed by atoms with Crippen molar-refractivity contribution in [1.29, 1.82) is 0 Å². The van der Waals surface area contributed by atoms with Gasteiger partial charge in [0.1, 0.15) is 0 Å². The summed E-state index contributed by atoms with van der Waals surface area (Å²) >= 11 is 0. The smallest absolute Gasteiger partial charge is 0.256 e. The van der Waals surface area contributed by atoms with E-state index in [0.29, 0.717) is 13.1 Å². The number of unbranched alkanes of at least 4 members (excludes halogenated alkanes) is 1. The van der Waals surface area contributed by atoms with E-state index in [1.54, 1.807) is 11.9 Å². The van der Waals surface area contributed by atoms with Gasteiger partial charge in [-0.1, -0.05) is 20.3 Å². The Balaban J connectivity index is 2.84. The van der Waals surface area contributed by atoms with Crippen LogP contribution in [0.2, 0.25) is 0 Å². The molecule has 0 atom stereocenters. The number of anilines is 1. The molecule has 0 radical (unpaired) electrons. The highest BCUT2D eigenvalue weighted by Crippen LogP contribution is 2.16. The van der Waals surface area contributed by atoms with Gasteiger partial charge in [-0.2, -0.15) is 0 Å². The summed E-state index contributed by atoms with van der Waals surface area (Å²) in [6, 6.07) is 1.43. The van der Waals surface area contributed by atoms with Gasteiger partial charge < -0.3 is 10.2 Å². The van der Waals surface area contributed by atoms with Crippen molar-refractivity contribution in [2.45, 2.75) is 33.1 Å². The molecule has 19 heavy (non-hydrogen) atoms. The minimum atomic E-state index is -0.565. The van der Waals surface area contributed by atoms with Gasteiger partial charge in [0.05, 0.1) is 5.56 Å². The number of pyridine rings is 1. The minimum absolute atomic E-state index is 0.0761. The van der Waals surface area contributed by atoms with Crippen LogP contribution in [0, 0.1) is 5.82 Å². The maximum Gasteiger partial charge on any atom is 0.256 e. The van der Waals surface area contributed by atoms with Crippen LogP contribution in [0.4, 0.5) is 10.2 Å². The van der Waals surface area contributed by atoms with E-state index in [2.05, 4.69) is 17.2 Å². The number of rotatable bonds is 7. The van der Waals surface area contributed by atoms with Crippen molar-refractivity contribution in [1.82, 2.24) is 9.88 Å². The summed E-state index contributed by atoms with van der Waals surface area (Å²) in [5, 5.41) is 2.88. The predicted octanol–water partition coefficient (Wildman–Crippen LogP) is 2.91. The van der Waals surface area contributed by atoms with Crippen LogP contribution in [-0.2, 0) is 0 Å². The number of hydrogen-bond acceptors (Lipinski definition) is 3. The molecule has 0 fully saturated rings. The molecule has 0 spiro atoms. The molecule has 1 aromatic rings. The Morgan fingerprint density at radius 1 is 1.42 bits per heavy atom. The topological polar surface area (TPSA) is 45.2 Å². The number of amides is 1. The molecule has 0 saturated carbocycles. The van der Waals surface area contributed by atoms with E-state index < -0.39 is 5.82 Å². The lowest BCUT2D eigenvalue weighted by atomic mass is 10.2. The molecule has 1 rings (SSSR count). The number of carbonyl (C=O) groups excluding carboxylic acids is 1. The van der Waals surface area contributed by atoms with Crippen molar-refractivity contribution in [3.63, 3.8) is 0 Å². The van der Waals surface area contributed by atoms with Gasteiger partial charge in [0.25, 0.3) is 5.91 Å². The second-order valence-electron chi connectivity index (χ2n) is 4.53. The predicted molar refractivity (Wildman–Crippen MR) is 74.8 cm³/mol. The number of halogens is 1. The molecular weight excluding hydrogens is 245 g/mol. The first-order valence-electron chi connectivity index (χ1n) is 6.75. The van der Waals surface area contributed by atoms with Crippen molar-refractivity contribution < 1.29 is 9.18 Å². The van der Waals surface area contributed by atoms with Gasteiger partial charge >= 0.3 is 0 Å². The van der Waals surface area contributed by atoms with Crippen molar-refractivity contribution >= 4 is 11.7 Å². The largest absolute Gasteiger partial charge is 0.368 e. The molecule has 1 heterocycles. The van der Waals surface area contributed by atoms with Gasteiger partial charge in [0.2, 0.25) is 0 Å². The molecule has 1 N–H and O–H groups in total. The highest BCUT2D eigenvalue weighted by Gasteiger charge is 2.18. The molecule has 0 saturated heterocycles. The van der Waals surface area contributed by atoms with Crippen molar-refractivity contribution in [2.75, 3.05) is 25.5 Å². The van der Waals surface area contributed by atoms with Crippen LogP contribution in [0.3, 0.4) is 0 Å². The molecule has 0 aliphatic carbocycles. The number of aromatic nitrogens is 1. The van der Waals surface area contributed by atoms with Crippen molar-refractivity contribution in [3.8, 4) is 0 Å². The number of carbonyl (C=O) groups is 1. The molecule has 0 aliphatic heterocycles. The van der Waals surface area contributed by atoms with E-state index in [1.165, 1.54) is 12.3 Å². The molecule has 1 amide bonds. The molecule has 5 heteroatoms. The second kappa shape index (κ2) is 7.71. The Kier molecular flexibility index (Phi) is 6.25. The third-order valence-corrected chi connectivity index (χ3v) is 2.86. The zero-order chi connectivity index (χ0) is 14.3. The first-order chi connectivity index (χ1) is 9.11. The van der Waals surface area contributed by atoms with E-state index in [1.807, 2.05) is 6.92 Å². The third-order valence-electron chi connectivity index (χ3n) is 2.86. The normalized spacial score (nSPS) is 10.3. The highest BCUT2D eigenvalue weighted by molar-refractivity contribution is 5.95. The summed E-state index contributed by atoms with van der Waals surface area (Å²) in [5.41, 5.74) is 0.0761. The molecule has 4 nitrogen and oxygen atoms in total. The number of hydrogen-bond donors (Lipinski definition) is 1. The fourth-order valence-corrected chi connectivity index (χ4v) is 1.68. The van der Waals surface area contributed by atoms with Gasteiger partial charge in [-0.15, -0.1) is 0 Å². The standard InChI is InChI=1S/C14H22FN3O/c1-4-6-10-18(3)14(19)11-7-9-17-13(12(11)15)16-8-5-2/h7,9H,4-6,8,10H2,1-3H3,(H,16,17). The summed E-state index contributed by atoms with van der Waals surface area (Å²) in [6.45, 7) is 5.30. The lowest BCUT2D eigenvalue weighted by Crippen LogP contribution is -2.28. The van der Waals surface area contributed by atoms with Gasteiger partial charge in [-0.25, -0.2) is 9.37 Å². The van der Waals surface area contributed by atoms with Gasteiger partial charge in [-0.3, -0.25) is 4.79 Å². The van der Waals surface area contributed by atoms with E-state index in [-0.39, 0.29) is 17.3 Å². The Bertz CT molecular complexity index is 423. The van der Waals surface area contributed by atoms with Crippen molar-refractivity contribution in [3.05, 3.63) is 23.6 Å². The van der Waals surface area contributed by atoms with Gasteiger partial charge in [0, 0.05) is 26.3 Å². The van der Waals surface area contributed by atoms with Crippen LogP contribution >= 0.6 is 0 Å². The summed E-state index contributed by atoms with van der Waals surface area (Å²) in [5.74, 6) is -0.714. The summed E-state index contributed by atoms with van der Waals surface area (Å²) in [7, 11) is 1.69. The first-order valence-corrected chi connectivity index (χ1v) is 6.75. The Morgan fingerprint density at radius 2 is 2.16 bits per heavy atom. The first kappa shape index (κ1) is 15.4. The minimum Gasteiger partial charge on any atom is -0.368 e. The Labute approximate surface area is 114 Å². The Morgan fingerprint density at radius 3 is 2.79 bits per heavy atom. The fraction of sp³-hybridized carbons (Fsp3) is 0.571. The summed E-state index contributed by atoms with van der Waals surface area (Å²) in [6.07, 6.45) is 4.24. The second-order valence-corrected chi connectivity index (χ2v) is 4.53.